The highest BCUT2D eigenvalue weighted by atomic mass is 35.5. The van der Waals surface area contributed by atoms with Crippen molar-refractivity contribution in [3.05, 3.63) is 58.4 Å². The molecule has 5 nitrogen and oxygen atoms in total. The number of hydrogen-bond acceptors (Lipinski definition) is 4. The number of carbonyl (C=O) groups excluding carboxylic acids is 1. The first-order valence-electron chi connectivity index (χ1n) is 9.50. The summed E-state index contributed by atoms with van der Waals surface area (Å²) in [6.45, 7) is 6.58. The molecule has 0 aliphatic heterocycles. The smallest absolute Gasteiger partial charge is 0.308 e. The molecule has 6 heteroatoms. The number of imidazole rings is 1. The van der Waals surface area contributed by atoms with Gasteiger partial charge < -0.3 is 14.5 Å². The highest BCUT2D eigenvalue weighted by Gasteiger charge is 2.15. The number of esters is 1. The number of halogens is 1. The predicted molar refractivity (Wildman–Crippen MR) is 111 cm³/mol. The lowest BCUT2D eigenvalue weighted by molar-refractivity contribution is -0.147. The Balaban J connectivity index is 1.67. The standard InChI is InChI=1S/C22H25ClN2O3/c1-4-27-22(26)14(2)5-6-16-7-12-19-21(15(16)3)25-20(24-19)13-28-18-10-8-17(23)9-11-18/h7-12,14H,4-6,13H2,1-3H3,(H,24,25). The lowest BCUT2D eigenvalue weighted by Gasteiger charge is -2.11. The number of ether oxygens (including phenoxy) is 2. The van der Waals surface area contributed by atoms with Crippen LogP contribution in [0.15, 0.2) is 36.4 Å². The van der Waals surface area contributed by atoms with Crippen molar-refractivity contribution in [2.45, 2.75) is 40.2 Å². The molecule has 0 radical (unpaired) electrons. The number of aromatic nitrogens is 2. The summed E-state index contributed by atoms with van der Waals surface area (Å²) in [6, 6.07) is 11.4. The summed E-state index contributed by atoms with van der Waals surface area (Å²) in [5.41, 5.74) is 4.24. The molecule has 1 N–H and O–H groups in total. The maximum absolute atomic E-state index is 11.8. The number of aryl methyl sites for hydroxylation is 2. The molecule has 2 aromatic carbocycles. The number of H-pyrrole nitrogens is 1. The van der Waals surface area contributed by atoms with Crippen LogP contribution in [-0.4, -0.2) is 22.5 Å². The van der Waals surface area contributed by atoms with Crippen LogP contribution < -0.4 is 4.74 Å². The Morgan fingerprint density at radius 1 is 1.21 bits per heavy atom. The minimum Gasteiger partial charge on any atom is -0.486 e. The van der Waals surface area contributed by atoms with Gasteiger partial charge in [0.05, 0.1) is 23.6 Å². The van der Waals surface area contributed by atoms with Gasteiger partial charge in [-0.3, -0.25) is 4.79 Å². The fourth-order valence-electron chi connectivity index (χ4n) is 3.10. The third kappa shape index (κ3) is 4.84. The van der Waals surface area contributed by atoms with Gasteiger partial charge in [-0.25, -0.2) is 4.98 Å². The van der Waals surface area contributed by atoms with Gasteiger partial charge in [-0.15, -0.1) is 0 Å². The van der Waals surface area contributed by atoms with Crippen LogP contribution in [0, 0.1) is 12.8 Å². The van der Waals surface area contributed by atoms with Gasteiger partial charge in [0.1, 0.15) is 18.2 Å². The molecule has 0 bridgehead atoms. The Bertz CT molecular complexity index is 950. The van der Waals surface area contributed by atoms with E-state index in [4.69, 9.17) is 26.1 Å². The molecule has 0 saturated carbocycles. The van der Waals surface area contributed by atoms with Crippen LogP contribution in [0.3, 0.4) is 0 Å². The molecule has 1 unspecified atom stereocenters. The van der Waals surface area contributed by atoms with Gasteiger partial charge >= 0.3 is 5.97 Å². The van der Waals surface area contributed by atoms with Gasteiger partial charge in [0.25, 0.3) is 0 Å². The van der Waals surface area contributed by atoms with Crippen LogP contribution >= 0.6 is 11.6 Å². The molecule has 0 fully saturated rings. The Labute approximate surface area is 170 Å². The van der Waals surface area contributed by atoms with Gasteiger partial charge in [0.15, 0.2) is 0 Å². The third-order valence-electron chi connectivity index (χ3n) is 4.79. The summed E-state index contributed by atoms with van der Waals surface area (Å²) >= 11 is 5.89. The van der Waals surface area contributed by atoms with E-state index in [1.807, 2.05) is 32.0 Å². The van der Waals surface area contributed by atoms with Crippen molar-refractivity contribution in [1.82, 2.24) is 9.97 Å². The topological polar surface area (TPSA) is 64.2 Å². The largest absolute Gasteiger partial charge is 0.486 e. The molecule has 0 aliphatic carbocycles. The average molecular weight is 401 g/mol. The van der Waals surface area contributed by atoms with Crippen molar-refractivity contribution in [2.24, 2.45) is 5.92 Å². The zero-order valence-corrected chi connectivity index (χ0v) is 17.2. The van der Waals surface area contributed by atoms with Crippen molar-refractivity contribution >= 4 is 28.6 Å². The van der Waals surface area contributed by atoms with Crippen molar-refractivity contribution in [3.63, 3.8) is 0 Å². The second-order valence-electron chi connectivity index (χ2n) is 6.86. The first-order chi connectivity index (χ1) is 13.5. The van der Waals surface area contributed by atoms with E-state index in [1.165, 1.54) is 5.56 Å². The minimum atomic E-state index is -0.136. The van der Waals surface area contributed by atoms with Crippen LogP contribution in [-0.2, 0) is 22.6 Å². The van der Waals surface area contributed by atoms with Crippen molar-refractivity contribution in [1.29, 1.82) is 0 Å². The monoisotopic (exact) mass is 400 g/mol. The van der Waals surface area contributed by atoms with E-state index >= 15 is 0 Å². The zero-order valence-electron chi connectivity index (χ0n) is 16.4. The van der Waals surface area contributed by atoms with E-state index in [9.17, 15) is 4.79 Å². The van der Waals surface area contributed by atoms with Gasteiger partial charge in [-0.1, -0.05) is 24.6 Å². The van der Waals surface area contributed by atoms with Crippen LogP contribution in [0.4, 0.5) is 0 Å². The summed E-state index contributed by atoms with van der Waals surface area (Å²) < 4.78 is 10.9. The molecular weight excluding hydrogens is 376 g/mol. The van der Waals surface area contributed by atoms with Crippen LogP contribution in [0.1, 0.15) is 37.2 Å². The van der Waals surface area contributed by atoms with E-state index in [0.717, 1.165) is 41.0 Å². The number of rotatable bonds is 8. The number of aromatic amines is 1. The predicted octanol–water partition coefficient (Wildman–Crippen LogP) is 5.24. The molecule has 0 spiro atoms. The molecule has 3 rings (SSSR count). The number of nitrogens with one attached hydrogen (secondary N) is 1. The molecular formula is C22H25ClN2O3. The SMILES string of the molecule is CCOC(=O)C(C)CCc1ccc2[nH]c(COc3ccc(Cl)cc3)nc2c1C. The quantitative estimate of drug-likeness (QED) is 0.525. The molecule has 0 amide bonds. The lowest BCUT2D eigenvalue weighted by Crippen LogP contribution is -2.15. The summed E-state index contributed by atoms with van der Waals surface area (Å²) in [4.78, 5) is 19.8. The third-order valence-corrected chi connectivity index (χ3v) is 5.05. The van der Waals surface area contributed by atoms with Crippen molar-refractivity contribution in [2.75, 3.05) is 6.61 Å². The summed E-state index contributed by atoms with van der Waals surface area (Å²) in [5.74, 6) is 1.26. The van der Waals surface area contributed by atoms with Crippen molar-refractivity contribution < 1.29 is 14.3 Å². The van der Waals surface area contributed by atoms with E-state index in [2.05, 4.69) is 18.0 Å². The average Bonchev–Trinajstić information content (AvgIpc) is 3.11. The van der Waals surface area contributed by atoms with E-state index in [-0.39, 0.29) is 11.9 Å². The molecule has 1 aromatic heterocycles. The highest BCUT2D eigenvalue weighted by molar-refractivity contribution is 6.30. The van der Waals surface area contributed by atoms with Crippen molar-refractivity contribution in [3.8, 4) is 5.75 Å². The summed E-state index contributed by atoms with van der Waals surface area (Å²) in [5, 5.41) is 0.677. The Morgan fingerprint density at radius 3 is 2.68 bits per heavy atom. The van der Waals surface area contributed by atoms with Crippen LogP contribution in [0.2, 0.25) is 5.02 Å². The van der Waals surface area contributed by atoms with Gasteiger partial charge in [-0.05, 0) is 68.1 Å². The second kappa shape index (κ2) is 9.11. The lowest BCUT2D eigenvalue weighted by atomic mass is 9.97. The molecule has 1 atom stereocenters. The first-order valence-corrected chi connectivity index (χ1v) is 9.87. The number of carbonyl (C=O) groups is 1. The molecule has 1 heterocycles. The van der Waals surface area contributed by atoms with Gasteiger partial charge in [-0.2, -0.15) is 0 Å². The second-order valence-corrected chi connectivity index (χ2v) is 7.30. The zero-order chi connectivity index (χ0) is 20.1. The Kier molecular flexibility index (Phi) is 6.57. The highest BCUT2D eigenvalue weighted by Crippen LogP contribution is 2.23. The molecule has 0 saturated heterocycles. The molecule has 3 aromatic rings. The number of fused-ring (bicyclic) bond motifs is 1. The molecule has 0 aliphatic rings. The Morgan fingerprint density at radius 2 is 1.96 bits per heavy atom. The number of benzene rings is 2. The fourth-order valence-corrected chi connectivity index (χ4v) is 3.23. The van der Waals surface area contributed by atoms with Crippen LogP contribution in [0.5, 0.6) is 5.75 Å². The molecule has 28 heavy (non-hydrogen) atoms. The maximum atomic E-state index is 11.8. The van der Waals surface area contributed by atoms with Gasteiger partial charge in [0, 0.05) is 5.02 Å². The normalized spacial score (nSPS) is 12.1. The summed E-state index contributed by atoms with van der Waals surface area (Å²) in [6.07, 6.45) is 1.56. The van der Waals surface area contributed by atoms with E-state index in [1.54, 1.807) is 12.1 Å². The maximum Gasteiger partial charge on any atom is 0.308 e. The van der Waals surface area contributed by atoms with Gasteiger partial charge in [0.2, 0.25) is 0 Å². The Hall–Kier alpha value is -2.53. The van der Waals surface area contributed by atoms with E-state index < -0.39 is 0 Å². The minimum absolute atomic E-state index is 0.113. The fraction of sp³-hybridized carbons (Fsp3) is 0.364. The molecule has 148 valence electrons. The number of hydrogen-bond donors (Lipinski definition) is 1. The first kappa shape index (κ1) is 20.2. The van der Waals surface area contributed by atoms with Crippen LogP contribution in [0.25, 0.3) is 11.0 Å². The number of nitrogens with zero attached hydrogens (tertiary/aromatic N) is 1. The van der Waals surface area contributed by atoms with E-state index in [0.29, 0.717) is 18.2 Å². The summed E-state index contributed by atoms with van der Waals surface area (Å²) in [7, 11) is 0.